The van der Waals surface area contributed by atoms with Crippen LogP contribution in [0.15, 0.2) is 42.5 Å². The first-order valence-electron chi connectivity index (χ1n) is 11.5. The molecule has 4 rings (SSSR count). The minimum absolute atomic E-state index is 0.0908. The van der Waals surface area contributed by atoms with Crippen molar-refractivity contribution in [2.75, 3.05) is 6.54 Å². The summed E-state index contributed by atoms with van der Waals surface area (Å²) in [5.41, 5.74) is 4.92. The summed E-state index contributed by atoms with van der Waals surface area (Å²) in [6, 6.07) is 14.3. The second-order valence-electron chi connectivity index (χ2n) is 8.61. The van der Waals surface area contributed by atoms with Gasteiger partial charge < -0.3 is 15.0 Å². The summed E-state index contributed by atoms with van der Waals surface area (Å²) in [5, 5.41) is 3.00. The van der Waals surface area contributed by atoms with Crippen LogP contribution in [0.2, 0.25) is 0 Å². The topological polar surface area (TPSA) is 58.6 Å². The average molecular weight is 421 g/mol. The van der Waals surface area contributed by atoms with Crippen LogP contribution in [-0.2, 0) is 35.5 Å². The second kappa shape index (κ2) is 9.99. The predicted molar refractivity (Wildman–Crippen MR) is 121 cm³/mol. The average Bonchev–Trinajstić information content (AvgIpc) is 3.20. The smallest absolute Gasteiger partial charge is 0.261 e. The number of amides is 2. The molecule has 5 nitrogen and oxygen atoms in total. The van der Waals surface area contributed by atoms with E-state index >= 15 is 0 Å². The molecular weight excluding hydrogens is 388 g/mol. The van der Waals surface area contributed by atoms with E-state index in [0.717, 1.165) is 42.7 Å². The van der Waals surface area contributed by atoms with Gasteiger partial charge in [-0.05, 0) is 72.9 Å². The molecule has 0 saturated carbocycles. The van der Waals surface area contributed by atoms with E-state index in [1.54, 1.807) is 0 Å². The lowest BCUT2D eigenvalue weighted by atomic mass is 9.92. The fourth-order valence-electron chi connectivity index (χ4n) is 4.43. The van der Waals surface area contributed by atoms with Gasteiger partial charge in [0.1, 0.15) is 5.75 Å². The zero-order valence-corrected chi connectivity index (χ0v) is 18.4. The number of carbonyl (C=O) groups excluding carboxylic acids is 2. The Morgan fingerprint density at radius 3 is 2.45 bits per heavy atom. The molecule has 164 valence electrons. The van der Waals surface area contributed by atoms with Crippen LogP contribution in [0.4, 0.5) is 0 Å². The van der Waals surface area contributed by atoms with Gasteiger partial charge in [-0.2, -0.15) is 0 Å². The Morgan fingerprint density at radius 1 is 1.00 bits per heavy atom. The highest BCUT2D eigenvalue weighted by Crippen LogP contribution is 2.26. The van der Waals surface area contributed by atoms with E-state index in [-0.39, 0.29) is 11.8 Å². The first-order valence-corrected chi connectivity index (χ1v) is 11.5. The number of fused-ring (bicyclic) bond motifs is 1. The molecule has 0 bridgehead atoms. The molecule has 1 atom stereocenters. The molecule has 1 saturated heterocycles. The van der Waals surface area contributed by atoms with Gasteiger partial charge in [-0.25, -0.2) is 0 Å². The molecule has 5 heteroatoms. The standard InChI is InChI=1S/C26H32N2O3/c1-2-24(31-23-14-13-21-6-3-4-7-22(21)16-23)26(30)27-17-19-9-11-20(12-10-19)18-28-15-5-8-25(28)29/h9-14,16,24H,2-8,15,17-18H2,1H3,(H,27,30)/t24-/m0/s1. The van der Waals surface area contributed by atoms with Crippen LogP contribution < -0.4 is 10.1 Å². The summed E-state index contributed by atoms with van der Waals surface area (Å²) in [6.45, 7) is 3.94. The highest BCUT2D eigenvalue weighted by Gasteiger charge is 2.21. The van der Waals surface area contributed by atoms with Gasteiger partial charge in [0.25, 0.3) is 5.91 Å². The van der Waals surface area contributed by atoms with Gasteiger partial charge >= 0.3 is 0 Å². The first-order chi connectivity index (χ1) is 15.1. The van der Waals surface area contributed by atoms with Crippen molar-refractivity contribution in [3.63, 3.8) is 0 Å². The molecule has 2 amide bonds. The van der Waals surface area contributed by atoms with Crippen LogP contribution >= 0.6 is 0 Å². The predicted octanol–water partition coefficient (Wildman–Crippen LogP) is 4.16. The summed E-state index contributed by atoms with van der Waals surface area (Å²) < 4.78 is 6.03. The lowest BCUT2D eigenvalue weighted by molar-refractivity contribution is -0.129. The lowest BCUT2D eigenvalue weighted by Gasteiger charge is -2.20. The number of carbonyl (C=O) groups is 2. The van der Waals surface area contributed by atoms with E-state index in [1.807, 2.05) is 42.2 Å². The zero-order chi connectivity index (χ0) is 21.6. The summed E-state index contributed by atoms with van der Waals surface area (Å²) in [4.78, 5) is 26.4. The van der Waals surface area contributed by atoms with E-state index in [2.05, 4.69) is 17.4 Å². The summed E-state index contributed by atoms with van der Waals surface area (Å²) >= 11 is 0. The van der Waals surface area contributed by atoms with Crippen molar-refractivity contribution >= 4 is 11.8 Å². The van der Waals surface area contributed by atoms with E-state index < -0.39 is 6.10 Å². The molecule has 0 spiro atoms. The SMILES string of the molecule is CC[C@H](Oc1ccc2c(c1)CCCC2)C(=O)NCc1ccc(CN2CCCC2=O)cc1. The Morgan fingerprint density at radius 2 is 1.74 bits per heavy atom. The van der Waals surface area contributed by atoms with Gasteiger partial charge in [0.05, 0.1) is 0 Å². The number of hydrogen-bond donors (Lipinski definition) is 1. The van der Waals surface area contributed by atoms with Crippen molar-refractivity contribution in [1.82, 2.24) is 10.2 Å². The Kier molecular flexibility index (Phi) is 6.90. The van der Waals surface area contributed by atoms with Gasteiger partial charge in [0.15, 0.2) is 6.10 Å². The second-order valence-corrected chi connectivity index (χ2v) is 8.61. The maximum absolute atomic E-state index is 12.7. The highest BCUT2D eigenvalue weighted by atomic mass is 16.5. The van der Waals surface area contributed by atoms with Gasteiger partial charge in [-0.1, -0.05) is 37.3 Å². The number of hydrogen-bond acceptors (Lipinski definition) is 3. The van der Waals surface area contributed by atoms with Gasteiger partial charge in [0, 0.05) is 26.1 Å². The maximum Gasteiger partial charge on any atom is 0.261 e. The normalized spacial score (nSPS) is 16.7. The number of ether oxygens (including phenoxy) is 1. The number of likely N-dealkylation sites (tertiary alicyclic amines) is 1. The quantitative estimate of drug-likeness (QED) is 0.698. The van der Waals surface area contributed by atoms with Gasteiger partial charge in [0.2, 0.25) is 5.91 Å². The Labute approximate surface area is 184 Å². The molecule has 31 heavy (non-hydrogen) atoms. The largest absolute Gasteiger partial charge is 0.481 e. The monoisotopic (exact) mass is 420 g/mol. The van der Waals surface area contributed by atoms with Gasteiger partial charge in [-0.15, -0.1) is 0 Å². The van der Waals surface area contributed by atoms with Crippen LogP contribution in [-0.4, -0.2) is 29.4 Å². The molecule has 0 unspecified atom stereocenters. The van der Waals surface area contributed by atoms with Crippen LogP contribution in [0.1, 0.15) is 61.3 Å². The molecule has 2 aromatic carbocycles. The molecule has 0 radical (unpaired) electrons. The summed E-state index contributed by atoms with van der Waals surface area (Å²) in [6.07, 6.45) is 6.45. The molecule has 1 aliphatic carbocycles. The number of rotatable bonds is 8. The minimum Gasteiger partial charge on any atom is -0.481 e. The third-order valence-electron chi connectivity index (χ3n) is 6.30. The molecule has 0 aromatic heterocycles. The van der Waals surface area contributed by atoms with Crippen molar-refractivity contribution in [2.45, 2.75) is 71.1 Å². The molecule has 1 aliphatic heterocycles. The maximum atomic E-state index is 12.7. The fraction of sp³-hybridized carbons (Fsp3) is 0.462. The van der Waals surface area contributed by atoms with E-state index in [9.17, 15) is 9.59 Å². The Hall–Kier alpha value is -2.82. The molecule has 2 aromatic rings. The van der Waals surface area contributed by atoms with E-state index in [0.29, 0.717) is 25.9 Å². The van der Waals surface area contributed by atoms with Crippen LogP contribution in [0.5, 0.6) is 5.75 Å². The molecular formula is C26H32N2O3. The molecule has 2 aliphatic rings. The summed E-state index contributed by atoms with van der Waals surface area (Å²) in [5.74, 6) is 0.927. The number of nitrogens with zero attached hydrogens (tertiary/aromatic N) is 1. The third-order valence-corrected chi connectivity index (χ3v) is 6.30. The van der Waals surface area contributed by atoms with E-state index in [1.165, 1.54) is 24.0 Å². The molecule has 1 heterocycles. The molecule has 1 N–H and O–H groups in total. The summed E-state index contributed by atoms with van der Waals surface area (Å²) in [7, 11) is 0. The Balaban J connectivity index is 1.29. The van der Waals surface area contributed by atoms with Crippen molar-refractivity contribution < 1.29 is 14.3 Å². The van der Waals surface area contributed by atoms with Crippen molar-refractivity contribution in [2.24, 2.45) is 0 Å². The van der Waals surface area contributed by atoms with Gasteiger partial charge in [-0.3, -0.25) is 9.59 Å². The van der Waals surface area contributed by atoms with Crippen LogP contribution in [0.3, 0.4) is 0 Å². The van der Waals surface area contributed by atoms with E-state index in [4.69, 9.17) is 4.74 Å². The number of benzene rings is 2. The zero-order valence-electron chi connectivity index (χ0n) is 18.4. The van der Waals surface area contributed by atoms with Crippen molar-refractivity contribution in [1.29, 1.82) is 0 Å². The fourth-order valence-corrected chi connectivity index (χ4v) is 4.43. The third kappa shape index (κ3) is 5.46. The number of nitrogens with one attached hydrogen (secondary N) is 1. The van der Waals surface area contributed by atoms with Crippen molar-refractivity contribution in [3.8, 4) is 5.75 Å². The molecule has 1 fully saturated rings. The van der Waals surface area contributed by atoms with Crippen LogP contribution in [0, 0.1) is 0 Å². The highest BCUT2D eigenvalue weighted by molar-refractivity contribution is 5.81. The minimum atomic E-state index is -0.498. The number of aryl methyl sites for hydroxylation is 2. The lowest BCUT2D eigenvalue weighted by Crippen LogP contribution is -2.37. The first kappa shape index (κ1) is 21.4. The Bertz CT molecular complexity index is 923. The van der Waals surface area contributed by atoms with Crippen LogP contribution in [0.25, 0.3) is 0 Å². The van der Waals surface area contributed by atoms with Crippen molar-refractivity contribution in [3.05, 3.63) is 64.7 Å².